The zero-order chi connectivity index (χ0) is 13.6. The predicted molar refractivity (Wildman–Crippen MR) is 78.1 cm³/mol. The number of nitrogens with zero attached hydrogens (tertiary/aromatic N) is 1. The first-order valence-corrected chi connectivity index (χ1v) is 8.18. The molecule has 4 unspecified atom stereocenters. The van der Waals surface area contributed by atoms with Gasteiger partial charge in [-0.05, 0) is 39.0 Å². The fourth-order valence-electron chi connectivity index (χ4n) is 4.82. The maximum atomic E-state index is 6.24. The van der Waals surface area contributed by atoms with Crippen LogP contribution in [0.1, 0.15) is 59.3 Å². The number of hydrogen-bond acceptors (Lipinski definition) is 3. The van der Waals surface area contributed by atoms with Gasteiger partial charge in [-0.1, -0.05) is 20.3 Å². The van der Waals surface area contributed by atoms with Gasteiger partial charge in [0.25, 0.3) is 0 Å². The minimum atomic E-state index is 0.311. The number of piperidine rings is 2. The van der Waals surface area contributed by atoms with E-state index in [1.165, 1.54) is 38.5 Å². The van der Waals surface area contributed by atoms with Gasteiger partial charge in [0.2, 0.25) is 0 Å². The molecular formula is C16H30N2O. The maximum Gasteiger partial charge on any atom is 0.0655 e. The number of nitrogens with two attached hydrogens (primary N) is 1. The standard InChI is InChI=1S/C16H30N2O/c1-4-19-15-10-14(16(15,2)3)18-12-6-5-7-13(18)9-11(17)8-12/h11-15H,4-10,17H2,1-3H3. The number of fused-ring (bicyclic) bond motifs is 2. The van der Waals surface area contributed by atoms with Crippen LogP contribution in [0.15, 0.2) is 0 Å². The van der Waals surface area contributed by atoms with Crippen molar-refractivity contribution in [2.75, 3.05) is 6.61 Å². The molecule has 0 aromatic heterocycles. The molecule has 3 nitrogen and oxygen atoms in total. The lowest BCUT2D eigenvalue weighted by molar-refractivity contribution is -0.180. The molecule has 1 saturated carbocycles. The summed E-state index contributed by atoms with van der Waals surface area (Å²) < 4.78 is 5.91. The molecule has 0 radical (unpaired) electrons. The Hall–Kier alpha value is -0.120. The highest BCUT2D eigenvalue weighted by atomic mass is 16.5. The van der Waals surface area contributed by atoms with Crippen molar-refractivity contribution in [1.82, 2.24) is 4.90 Å². The lowest BCUT2D eigenvalue weighted by Crippen LogP contribution is -2.69. The molecule has 0 spiro atoms. The molecule has 0 aromatic carbocycles. The topological polar surface area (TPSA) is 38.5 Å². The Kier molecular flexibility index (Phi) is 3.65. The number of ether oxygens (including phenoxy) is 1. The molecule has 4 atom stereocenters. The third-order valence-corrected chi connectivity index (χ3v) is 5.92. The molecule has 2 aliphatic heterocycles. The van der Waals surface area contributed by atoms with Gasteiger partial charge in [0.1, 0.15) is 0 Å². The molecule has 2 N–H and O–H groups in total. The zero-order valence-corrected chi connectivity index (χ0v) is 12.8. The van der Waals surface area contributed by atoms with Gasteiger partial charge in [-0.3, -0.25) is 4.90 Å². The Bertz CT molecular complexity index is 317. The lowest BCUT2D eigenvalue weighted by Gasteiger charge is -2.62. The Morgan fingerprint density at radius 3 is 2.32 bits per heavy atom. The Balaban J connectivity index is 1.72. The first-order valence-electron chi connectivity index (χ1n) is 8.18. The normalized spacial score (nSPS) is 45.8. The van der Waals surface area contributed by atoms with Crippen LogP contribution in [0.25, 0.3) is 0 Å². The quantitative estimate of drug-likeness (QED) is 0.853. The molecule has 3 heteroatoms. The summed E-state index contributed by atoms with van der Waals surface area (Å²) in [4.78, 5) is 2.85. The van der Waals surface area contributed by atoms with E-state index in [1.54, 1.807) is 0 Å². The van der Waals surface area contributed by atoms with Gasteiger partial charge in [-0.25, -0.2) is 0 Å². The van der Waals surface area contributed by atoms with Crippen LogP contribution in [-0.2, 0) is 4.74 Å². The maximum absolute atomic E-state index is 6.24. The van der Waals surface area contributed by atoms with E-state index in [-0.39, 0.29) is 0 Å². The first-order chi connectivity index (χ1) is 9.04. The van der Waals surface area contributed by atoms with E-state index < -0.39 is 0 Å². The van der Waals surface area contributed by atoms with Crippen molar-refractivity contribution >= 4 is 0 Å². The van der Waals surface area contributed by atoms with Crippen LogP contribution in [0.3, 0.4) is 0 Å². The Morgan fingerprint density at radius 1 is 1.16 bits per heavy atom. The second kappa shape index (κ2) is 5.01. The zero-order valence-electron chi connectivity index (χ0n) is 12.8. The fourth-order valence-corrected chi connectivity index (χ4v) is 4.82. The summed E-state index contributed by atoms with van der Waals surface area (Å²) in [6.07, 6.45) is 8.22. The van der Waals surface area contributed by atoms with Crippen molar-refractivity contribution in [3.8, 4) is 0 Å². The van der Waals surface area contributed by atoms with Crippen LogP contribution in [0.4, 0.5) is 0 Å². The largest absolute Gasteiger partial charge is 0.378 e. The molecule has 2 heterocycles. The van der Waals surface area contributed by atoms with E-state index in [2.05, 4.69) is 25.7 Å². The van der Waals surface area contributed by atoms with Crippen LogP contribution in [0, 0.1) is 5.41 Å². The summed E-state index contributed by atoms with van der Waals surface area (Å²) in [6.45, 7) is 7.74. The van der Waals surface area contributed by atoms with E-state index >= 15 is 0 Å². The molecule has 3 fully saturated rings. The highest BCUT2D eigenvalue weighted by Crippen LogP contribution is 2.50. The van der Waals surface area contributed by atoms with Crippen molar-refractivity contribution < 1.29 is 4.74 Å². The van der Waals surface area contributed by atoms with Gasteiger partial charge in [0, 0.05) is 36.2 Å². The van der Waals surface area contributed by atoms with Crippen molar-refractivity contribution in [3.63, 3.8) is 0 Å². The highest BCUT2D eigenvalue weighted by molar-refractivity contribution is 5.09. The molecule has 3 aliphatic rings. The van der Waals surface area contributed by atoms with Gasteiger partial charge in [0.05, 0.1) is 6.10 Å². The highest BCUT2D eigenvalue weighted by Gasteiger charge is 2.55. The second-order valence-electron chi connectivity index (χ2n) is 7.43. The molecule has 0 aromatic rings. The fraction of sp³-hybridized carbons (Fsp3) is 1.00. The van der Waals surface area contributed by atoms with E-state index in [1.807, 2.05) is 0 Å². The summed E-state index contributed by atoms with van der Waals surface area (Å²) in [7, 11) is 0. The molecule has 2 saturated heterocycles. The SMILES string of the molecule is CCOC1CC(N2C3CCCC2CC(N)C3)C1(C)C. The number of hydrogen-bond donors (Lipinski definition) is 1. The van der Waals surface area contributed by atoms with E-state index in [0.717, 1.165) is 18.7 Å². The smallest absolute Gasteiger partial charge is 0.0655 e. The van der Waals surface area contributed by atoms with Gasteiger partial charge in [-0.15, -0.1) is 0 Å². The van der Waals surface area contributed by atoms with Crippen LogP contribution >= 0.6 is 0 Å². The Morgan fingerprint density at radius 2 is 1.79 bits per heavy atom. The molecular weight excluding hydrogens is 236 g/mol. The average Bonchev–Trinajstić information content (AvgIpc) is 2.34. The average molecular weight is 266 g/mol. The predicted octanol–water partition coefficient (Wildman–Crippen LogP) is 2.53. The van der Waals surface area contributed by atoms with Crippen molar-refractivity contribution in [1.29, 1.82) is 0 Å². The summed E-state index contributed by atoms with van der Waals surface area (Å²) >= 11 is 0. The summed E-state index contributed by atoms with van der Waals surface area (Å²) in [5, 5.41) is 0. The second-order valence-corrected chi connectivity index (χ2v) is 7.43. The van der Waals surface area contributed by atoms with Gasteiger partial charge < -0.3 is 10.5 Å². The van der Waals surface area contributed by atoms with Gasteiger partial charge in [0.15, 0.2) is 0 Å². The third-order valence-electron chi connectivity index (χ3n) is 5.92. The first kappa shape index (κ1) is 13.8. The molecule has 2 bridgehead atoms. The van der Waals surface area contributed by atoms with Crippen LogP contribution in [-0.4, -0.2) is 41.8 Å². The van der Waals surface area contributed by atoms with E-state index in [0.29, 0.717) is 23.6 Å². The minimum absolute atomic E-state index is 0.311. The van der Waals surface area contributed by atoms with Gasteiger partial charge >= 0.3 is 0 Å². The van der Waals surface area contributed by atoms with Crippen molar-refractivity contribution in [2.24, 2.45) is 11.1 Å². The van der Waals surface area contributed by atoms with E-state index in [9.17, 15) is 0 Å². The monoisotopic (exact) mass is 266 g/mol. The molecule has 110 valence electrons. The van der Waals surface area contributed by atoms with Gasteiger partial charge in [-0.2, -0.15) is 0 Å². The van der Waals surface area contributed by atoms with Crippen molar-refractivity contribution in [3.05, 3.63) is 0 Å². The lowest BCUT2D eigenvalue weighted by atomic mass is 9.61. The number of rotatable bonds is 3. The Labute approximate surface area is 117 Å². The third kappa shape index (κ3) is 2.24. The molecule has 19 heavy (non-hydrogen) atoms. The molecule has 0 amide bonds. The summed E-state index contributed by atoms with van der Waals surface area (Å²) in [5.41, 5.74) is 6.55. The van der Waals surface area contributed by atoms with E-state index in [4.69, 9.17) is 10.5 Å². The van der Waals surface area contributed by atoms with Crippen molar-refractivity contribution in [2.45, 2.75) is 89.6 Å². The minimum Gasteiger partial charge on any atom is -0.378 e. The van der Waals surface area contributed by atoms with Crippen LogP contribution in [0.5, 0.6) is 0 Å². The van der Waals surface area contributed by atoms with Crippen LogP contribution in [0.2, 0.25) is 0 Å². The summed E-state index contributed by atoms with van der Waals surface area (Å²) in [6, 6.07) is 2.65. The summed E-state index contributed by atoms with van der Waals surface area (Å²) in [5.74, 6) is 0. The molecule has 1 aliphatic carbocycles. The molecule has 3 rings (SSSR count). The van der Waals surface area contributed by atoms with Crippen LogP contribution < -0.4 is 5.73 Å².